The maximum absolute atomic E-state index is 11.4. The predicted molar refractivity (Wildman–Crippen MR) is 83.5 cm³/mol. The minimum absolute atomic E-state index is 0.0261. The number of fused-ring (bicyclic) bond motifs is 1. The van der Waals surface area contributed by atoms with Crippen molar-refractivity contribution < 1.29 is 19.4 Å². The Morgan fingerprint density at radius 3 is 2.73 bits per heavy atom. The van der Waals surface area contributed by atoms with Crippen LogP contribution in [-0.2, 0) is 11.8 Å². The second-order valence-electron chi connectivity index (χ2n) is 6.65. The van der Waals surface area contributed by atoms with E-state index < -0.39 is 5.97 Å². The molecule has 1 heterocycles. The number of aromatic carboxylic acids is 1. The Kier molecular flexibility index (Phi) is 3.28. The van der Waals surface area contributed by atoms with E-state index in [1.54, 1.807) is 13.0 Å². The number of hydrogen-bond acceptors (Lipinski definition) is 3. The molecule has 3 rings (SSSR count). The molecule has 0 unspecified atom stereocenters. The molecule has 0 saturated heterocycles. The van der Waals surface area contributed by atoms with Crippen molar-refractivity contribution >= 4 is 5.97 Å². The van der Waals surface area contributed by atoms with Crippen LogP contribution < -0.4 is 0 Å². The number of carboxylic acid groups (broad SMARTS) is 1. The molecule has 1 aromatic carbocycles. The van der Waals surface area contributed by atoms with E-state index in [0.717, 1.165) is 30.4 Å². The number of hydrogen-bond donors (Lipinski definition) is 2. The lowest BCUT2D eigenvalue weighted by Crippen LogP contribution is -2.23. The second kappa shape index (κ2) is 4.90. The zero-order valence-electron chi connectivity index (χ0n) is 13.1. The first-order chi connectivity index (χ1) is 10.3. The van der Waals surface area contributed by atoms with E-state index in [2.05, 4.69) is 13.8 Å². The normalized spacial score (nSPS) is 16.3. The van der Waals surface area contributed by atoms with E-state index in [0.29, 0.717) is 11.1 Å². The smallest absolute Gasteiger partial charge is 0.339 e. The summed E-state index contributed by atoms with van der Waals surface area (Å²) in [6.07, 6.45) is 4.32. The van der Waals surface area contributed by atoms with Gasteiger partial charge in [0, 0.05) is 5.56 Å². The summed E-state index contributed by atoms with van der Waals surface area (Å²) in [5.41, 5.74) is 3.21. The van der Waals surface area contributed by atoms with E-state index >= 15 is 0 Å². The first-order valence-electron chi connectivity index (χ1n) is 7.50. The van der Waals surface area contributed by atoms with Gasteiger partial charge >= 0.3 is 5.97 Å². The summed E-state index contributed by atoms with van der Waals surface area (Å²) in [5, 5.41) is 20.1. The molecule has 0 fully saturated rings. The van der Waals surface area contributed by atoms with Crippen molar-refractivity contribution in [2.75, 3.05) is 0 Å². The van der Waals surface area contributed by atoms with Gasteiger partial charge in [-0.1, -0.05) is 19.9 Å². The zero-order chi connectivity index (χ0) is 16.1. The van der Waals surface area contributed by atoms with E-state index in [1.165, 1.54) is 6.26 Å². The van der Waals surface area contributed by atoms with Crippen LogP contribution in [0.15, 0.2) is 22.8 Å². The highest BCUT2D eigenvalue weighted by atomic mass is 16.4. The lowest BCUT2D eigenvalue weighted by atomic mass is 9.72. The monoisotopic (exact) mass is 300 g/mol. The number of phenolic OH excluding ortho intramolecular Hbond substituents is 1. The van der Waals surface area contributed by atoms with E-state index in [-0.39, 0.29) is 22.5 Å². The summed E-state index contributed by atoms with van der Waals surface area (Å²) in [4.78, 5) is 11.4. The maximum Gasteiger partial charge on any atom is 0.339 e. The minimum Gasteiger partial charge on any atom is -0.507 e. The molecule has 0 spiro atoms. The van der Waals surface area contributed by atoms with Crippen molar-refractivity contribution in [3.63, 3.8) is 0 Å². The quantitative estimate of drug-likeness (QED) is 0.868. The maximum atomic E-state index is 11.4. The van der Waals surface area contributed by atoms with Crippen molar-refractivity contribution in [3.05, 3.63) is 40.6 Å². The number of benzene rings is 1. The highest BCUT2D eigenvalue weighted by Crippen LogP contribution is 2.45. The van der Waals surface area contributed by atoms with Crippen molar-refractivity contribution in [2.24, 2.45) is 0 Å². The molecule has 1 aliphatic rings. The zero-order valence-corrected chi connectivity index (χ0v) is 13.1. The minimum atomic E-state index is -1.04. The highest BCUT2D eigenvalue weighted by Gasteiger charge is 2.31. The van der Waals surface area contributed by atoms with E-state index in [4.69, 9.17) is 4.42 Å². The molecule has 0 atom stereocenters. The molecule has 0 radical (unpaired) electrons. The topological polar surface area (TPSA) is 70.7 Å². The molecule has 0 amide bonds. The van der Waals surface area contributed by atoms with Crippen LogP contribution in [-0.4, -0.2) is 16.2 Å². The molecule has 2 aromatic rings. The van der Waals surface area contributed by atoms with Gasteiger partial charge in [0.25, 0.3) is 0 Å². The van der Waals surface area contributed by atoms with Gasteiger partial charge in [0.15, 0.2) is 5.76 Å². The van der Waals surface area contributed by atoms with Gasteiger partial charge in [-0.05, 0) is 48.8 Å². The third-order valence-electron chi connectivity index (χ3n) is 4.67. The van der Waals surface area contributed by atoms with Crippen LogP contribution in [0.2, 0.25) is 0 Å². The van der Waals surface area contributed by atoms with Crippen molar-refractivity contribution in [1.29, 1.82) is 0 Å². The Hall–Kier alpha value is -2.23. The fourth-order valence-electron chi connectivity index (χ4n) is 3.46. The lowest BCUT2D eigenvalue weighted by molar-refractivity contribution is 0.0696. The SMILES string of the molecule is Cc1coc(-c2ccc3c(c2O)CCCC3(C)C)c1C(=O)O. The molecule has 0 bridgehead atoms. The van der Waals surface area contributed by atoms with E-state index in [9.17, 15) is 15.0 Å². The third-order valence-corrected chi connectivity index (χ3v) is 4.67. The van der Waals surface area contributed by atoms with Gasteiger partial charge in [0.1, 0.15) is 11.3 Å². The lowest BCUT2D eigenvalue weighted by Gasteiger charge is -2.33. The summed E-state index contributed by atoms with van der Waals surface area (Å²) in [6, 6.07) is 3.76. The number of aryl methyl sites for hydroxylation is 1. The molecule has 22 heavy (non-hydrogen) atoms. The molecule has 0 saturated carbocycles. The van der Waals surface area contributed by atoms with Crippen molar-refractivity contribution in [2.45, 2.75) is 45.4 Å². The van der Waals surface area contributed by atoms with Gasteiger partial charge in [-0.15, -0.1) is 0 Å². The molecule has 4 heteroatoms. The van der Waals surface area contributed by atoms with Gasteiger partial charge in [-0.2, -0.15) is 0 Å². The summed E-state index contributed by atoms with van der Waals surface area (Å²) >= 11 is 0. The molecule has 1 aromatic heterocycles. The summed E-state index contributed by atoms with van der Waals surface area (Å²) in [7, 11) is 0. The average Bonchev–Trinajstić information content (AvgIpc) is 2.81. The highest BCUT2D eigenvalue weighted by molar-refractivity contribution is 5.97. The van der Waals surface area contributed by atoms with Crippen LogP contribution >= 0.6 is 0 Å². The Labute approximate surface area is 129 Å². The standard InChI is InChI=1S/C18H20O4/c1-10-9-22-16(14(10)17(20)21)12-6-7-13-11(15(12)19)5-4-8-18(13,2)3/h6-7,9,19H,4-5,8H2,1-3H3,(H,20,21). The van der Waals surface area contributed by atoms with Crippen LogP contribution in [0.5, 0.6) is 5.75 Å². The molecular weight excluding hydrogens is 280 g/mol. The first-order valence-corrected chi connectivity index (χ1v) is 7.50. The van der Waals surface area contributed by atoms with Crippen molar-refractivity contribution in [3.8, 4) is 17.1 Å². The number of carbonyl (C=O) groups is 1. The number of furan rings is 1. The summed E-state index contributed by atoms with van der Waals surface area (Å²) in [6.45, 7) is 6.03. The summed E-state index contributed by atoms with van der Waals surface area (Å²) in [5.74, 6) is -0.658. The van der Waals surface area contributed by atoms with Gasteiger partial charge in [-0.3, -0.25) is 0 Å². The summed E-state index contributed by atoms with van der Waals surface area (Å²) < 4.78 is 5.43. The number of carboxylic acids is 1. The van der Waals surface area contributed by atoms with Crippen LogP contribution in [0.3, 0.4) is 0 Å². The molecule has 2 N–H and O–H groups in total. The average molecular weight is 300 g/mol. The Morgan fingerprint density at radius 2 is 2.05 bits per heavy atom. The van der Waals surface area contributed by atoms with Gasteiger partial charge in [0.2, 0.25) is 0 Å². The Morgan fingerprint density at radius 1 is 1.32 bits per heavy atom. The van der Waals surface area contributed by atoms with Gasteiger partial charge < -0.3 is 14.6 Å². The van der Waals surface area contributed by atoms with Crippen LogP contribution in [0.1, 0.15) is 53.7 Å². The van der Waals surface area contributed by atoms with Gasteiger partial charge in [0.05, 0.1) is 11.8 Å². The molecule has 0 aliphatic heterocycles. The first kappa shape index (κ1) is 14.7. The van der Waals surface area contributed by atoms with Crippen LogP contribution in [0.25, 0.3) is 11.3 Å². The number of phenols is 1. The molecular formula is C18H20O4. The number of aromatic hydroxyl groups is 1. The van der Waals surface area contributed by atoms with Crippen LogP contribution in [0.4, 0.5) is 0 Å². The third kappa shape index (κ3) is 2.10. The second-order valence-corrected chi connectivity index (χ2v) is 6.65. The van der Waals surface area contributed by atoms with E-state index in [1.807, 2.05) is 6.07 Å². The fraction of sp³-hybridized carbons (Fsp3) is 0.389. The fourth-order valence-corrected chi connectivity index (χ4v) is 3.46. The van der Waals surface area contributed by atoms with Crippen molar-refractivity contribution in [1.82, 2.24) is 0 Å². The molecule has 116 valence electrons. The Balaban J connectivity index is 2.21. The molecule has 4 nitrogen and oxygen atoms in total. The van der Waals surface area contributed by atoms with Gasteiger partial charge in [-0.25, -0.2) is 4.79 Å². The number of rotatable bonds is 2. The molecule has 1 aliphatic carbocycles. The largest absolute Gasteiger partial charge is 0.507 e. The Bertz CT molecular complexity index is 753. The van der Waals surface area contributed by atoms with Crippen LogP contribution in [0, 0.1) is 6.92 Å². The predicted octanol–water partition coefficient (Wildman–Crippen LogP) is 4.27.